The molecule has 1 fully saturated rings. The largest absolute Gasteiger partial charge is 0.493 e. The smallest absolute Gasteiger partial charge is 0.226 e. The molecule has 0 spiro atoms. The molecule has 1 N–H and O–H groups in total. The second kappa shape index (κ2) is 5.92. The van der Waals surface area contributed by atoms with Crippen molar-refractivity contribution in [2.45, 2.75) is 25.4 Å². The number of carbonyl (C=O) groups is 1. The van der Waals surface area contributed by atoms with E-state index in [2.05, 4.69) is 15.9 Å². The van der Waals surface area contributed by atoms with Crippen molar-refractivity contribution in [2.75, 3.05) is 19.7 Å². The molecular formula is C14H18BrNO3. The van der Waals surface area contributed by atoms with E-state index in [1.807, 2.05) is 24.3 Å². The van der Waals surface area contributed by atoms with Crippen LogP contribution in [0, 0.1) is 0 Å². The minimum atomic E-state index is -0.735. The molecule has 2 rings (SSSR count). The van der Waals surface area contributed by atoms with Gasteiger partial charge >= 0.3 is 0 Å². The molecule has 1 aliphatic rings. The molecule has 1 aromatic carbocycles. The molecule has 19 heavy (non-hydrogen) atoms. The Kier molecular flexibility index (Phi) is 4.47. The van der Waals surface area contributed by atoms with Gasteiger partial charge in [-0.2, -0.15) is 0 Å². The summed E-state index contributed by atoms with van der Waals surface area (Å²) < 4.78 is 6.48. The Morgan fingerprint density at radius 2 is 2.37 bits per heavy atom. The number of halogens is 1. The van der Waals surface area contributed by atoms with Gasteiger partial charge in [0.15, 0.2) is 0 Å². The zero-order valence-electron chi connectivity index (χ0n) is 10.9. The number of aliphatic hydroxyl groups is 1. The molecule has 0 aromatic heterocycles. The van der Waals surface area contributed by atoms with Crippen LogP contribution in [-0.2, 0) is 4.79 Å². The van der Waals surface area contributed by atoms with Crippen molar-refractivity contribution in [1.29, 1.82) is 0 Å². The van der Waals surface area contributed by atoms with Crippen LogP contribution in [0.3, 0.4) is 0 Å². The topological polar surface area (TPSA) is 49.8 Å². The van der Waals surface area contributed by atoms with Crippen LogP contribution in [0.25, 0.3) is 0 Å². The molecule has 0 radical (unpaired) electrons. The van der Waals surface area contributed by atoms with Crippen molar-refractivity contribution in [3.8, 4) is 5.75 Å². The monoisotopic (exact) mass is 327 g/mol. The van der Waals surface area contributed by atoms with E-state index in [1.165, 1.54) is 0 Å². The Bertz CT molecular complexity index is 462. The molecule has 5 heteroatoms. The standard InChI is InChI=1S/C14H18BrNO3/c1-14(18)6-7-16(10-14)13(17)5-8-19-12-4-2-3-11(15)9-12/h2-4,9,18H,5-8,10H2,1H3. The number of hydrogen-bond donors (Lipinski definition) is 1. The molecule has 1 atom stereocenters. The summed E-state index contributed by atoms with van der Waals surface area (Å²) in [5, 5.41) is 9.82. The number of likely N-dealkylation sites (tertiary alicyclic amines) is 1. The number of hydrogen-bond acceptors (Lipinski definition) is 3. The van der Waals surface area contributed by atoms with Crippen LogP contribution < -0.4 is 4.74 Å². The molecule has 1 aliphatic heterocycles. The fourth-order valence-corrected chi connectivity index (χ4v) is 2.51. The van der Waals surface area contributed by atoms with E-state index >= 15 is 0 Å². The summed E-state index contributed by atoms with van der Waals surface area (Å²) in [6, 6.07) is 7.53. The maximum Gasteiger partial charge on any atom is 0.226 e. The van der Waals surface area contributed by atoms with Gasteiger partial charge in [0.25, 0.3) is 0 Å². The van der Waals surface area contributed by atoms with Gasteiger partial charge in [-0.1, -0.05) is 22.0 Å². The van der Waals surface area contributed by atoms with Gasteiger partial charge in [0.05, 0.1) is 18.6 Å². The predicted molar refractivity (Wildman–Crippen MR) is 76.1 cm³/mol. The van der Waals surface area contributed by atoms with Crippen LogP contribution in [0.1, 0.15) is 19.8 Å². The highest BCUT2D eigenvalue weighted by Gasteiger charge is 2.33. The molecule has 1 amide bonds. The Hall–Kier alpha value is -1.07. The third kappa shape index (κ3) is 4.21. The van der Waals surface area contributed by atoms with Gasteiger partial charge < -0.3 is 14.7 Å². The molecule has 0 saturated carbocycles. The summed E-state index contributed by atoms with van der Waals surface area (Å²) in [5.41, 5.74) is -0.735. The van der Waals surface area contributed by atoms with E-state index in [9.17, 15) is 9.90 Å². The fourth-order valence-electron chi connectivity index (χ4n) is 2.13. The lowest BCUT2D eigenvalue weighted by atomic mass is 10.1. The van der Waals surface area contributed by atoms with Gasteiger partial charge in [0.1, 0.15) is 5.75 Å². The zero-order chi connectivity index (χ0) is 13.9. The highest BCUT2D eigenvalue weighted by Crippen LogP contribution is 2.21. The SMILES string of the molecule is CC1(O)CCN(C(=O)CCOc2cccc(Br)c2)C1. The van der Waals surface area contributed by atoms with Crippen molar-refractivity contribution in [3.05, 3.63) is 28.7 Å². The summed E-state index contributed by atoms with van der Waals surface area (Å²) in [5.74, 6) is 0.781. The van der Waals surface area contributed by atoms with Gasteiger partial charge in [-0.3, -0.25) is 4.79 Å². The number of rotatable bonds is 4. The van der Waals surface area contributed by atoms with Gasteiger partial charge in [-0.15, -0.1) is 0 Å². The molecule has 1 aromatic rings. The maximum atomic E-state index is 11.9. The normalized spacial score (nSPS) is 22.6. The molecular weight excluding hydrogens is 310 g/mol. The van der Waals surface area contributed by atoms with Crippen LogP contribution in [0.4, 0.5) is 0 Å². The van der Waals surface area contributed by atoms with Crippen molar-refractivity contribution in [1.82, 2.24) is 4.90 Å². The minimum Gasteiger partial charge on any atom is -0.493 e. The molecule has 104 valence electrons. The van der Waals surface area contributed by atoms with Crippen molar-refractivity contribution < 1.29 is 14.6 Å². The summed E-state index contributed by atoms with van der Waals surface area (Å²) in [4.78, 5) is 13.6. The van der Waals surface area contributed by atoms with E-state index in [-0.39, 0.29) is 5.91 Å². The lowest BCUT2D eigenvalue weighted by Gasteiger charge is -2.19. The second-order valence-corrected chi connectivity index (χ2v) is 6.03. The van der Waals surface area contributed by atoms with Gasteiger partial charge in [0, 0.05) is 17.6 Å². The number of carbonyl (C=O) groups excluding carboxylic acids is 1. The number of ether oxygens (including phenoxy) is 1. The Morgan fingerprint density at radius 1 is 1.58 bits per heavy atom. The first-order valence-electron chi connectivity index (χ1n) is 6.35. The lowest BCUT2D eigenvalue weighted by molar-refractivity contribution is -0.131. The Balaban J connectivity index is 1.76. The first-order valence-corrected chi connectivity index (χ1v) is 7.14. The first kappa shape index (κ1) is 14.3. The average molecular weight is 328 g/mol. The molecule has 4 nitrogen and oxygen atoms in total. The van der Waals surface area contributed by atoms with Gasteiger partial charge in [-0.05, 0) is 31.5 Å². The highest BCUT2D eigenvalue weighted by molar-refractivity contribution is 9.10. The number of β-amino-alcohol motifs (C(OH)–C–C–N with tert-alkyl or cyclic N) is 1. The lowest BCUT2D eigenvalue weighted by Crippen LogP contribution is -2.34. The van der Waals surface area contributed by atoms with E-state index in [0.29, 0.717) is 32.5 Å². The third-order valence-corrected chi connectivity index (χ3v) is 3.68. The van der Waals surface area contributed by atoms with Crippen LogP contribution >= 0.6 is 15.9 Å². The Morgan fingerprint density at radius 3 is 3.00 bits per heavy atom. The van der Waals surface area contributed by atoms with Gasteiger partial charge in [-0.25, -0.2) is 0 Å². The average Bonchev–Trinajstić information content (AvgIpc) is 2.70. The number of amides is 1. The number of benzene rings is 1. The highest BCUT2D eigenvalue weighted by atomic mass is 79.9. The van der Waals surface area contributed by atoms with Crippen molar-refractivity contribution in [2.24, 2.45) is 0 Å². The van der Waals surface area contributed by atoms with Crippen LogP contribution in [0.15, 0.2) is 28.7 Å². The third-order valence-electron chi connectivity index (χ3n) is 3.19. The van der Waals surface area contributed by atoms with E-state index in [1.54, 1.807) is 11.8 Å². The molecule has 1 saturated heterocycles. The van der Waals surface area contributed by atoms with Gasteiger partial charge in [0.2, 0.25) is 5.91 Å². The zero-order valence-corrected chi connectivity index (χ0v) is 12.5. The fraction of sp³-hybridized carbons (Fsp3) is 0.500. The molecule has 0 bridgehead atoms. The quantitative estimate of drug-likeness (QED) is 0.922. The summed E-state index contributed by atoms with van der Waals surface area (Å²) >= 11 is 3.37. The van der Waals surface area contributed by atoms with E-state index in [4.69, 9.17) is 4.74 Å². The summed E-state index contributed by atoms with van der Waals surface area (Å²) in [6.45, 7) is 3.16. The van der Waals surface area contributed by atoms with Crippen molar-refractivity contribution in [3.63, 3.8) is 0 Å². The summed E-state index contributed by atoms with van der Waals surface area (Å²) in [6.07, 6.45) is 0.980. The first-order chi connectivity index (χ1) is 8.96. The van der Waals surface area contributed by atoms with E-state index in [0.717, 1.165) is 10.2 Å². The Labute approximate surface area is 121 Å². The maximum absolute atomic E-state index is 11.9. The molecule has 0 aliphatic carbocycles. The van der Waals surface area contributed by atoms with Crippen molar-refractivity contribution >= 4 is 21.8 Å². The molecule has 1 unspecified atom stereocenters. The van der Waals surface area contributed by atoms with E-state index < -0.39 is 5.60 Å². The molecule has 1 heterocycles. The summed E-state index contributed by atoms with van der Waals surface area (Å²) in [7, 11) is 0. The predicted octanol–water partition coefficient (Wildman–Crippen LogP) is 2.20. The number of nitrogens with zero attached hydrogens (tertiary/aromatic N) is 1. The van der Waals surface area contributed by atoms with Crippen LogP contribution in [0.2, 0.25) is 0 Å². The van der Waals surface area contributed by atoms with Crippen LogP contribution in [0.5, 0.6) is 5.75 Å². The second-order valence-electron chi connectivity index (χ2n) is 5.12. The minimum absolute atomic E-state index is 0.0350. The van der Waals surface area contributed by atoms with Crippen LogP contribution in [-0.4, -0.2) is 41.2 Å².